The van der Waals surface area contributed by atoms with Crippen molar-refractivity contribution in [1.82, 2.24) is 0 Å². The molecule has 2 rings (SSSR count). The van der Waals surface area contributed by atoms with Gasteiger partial charge in [-0.3, -0.25) is 0 Å². The minimum absolute atomic E-state index is 0.0678. The number of halogens is 1. The second-order valence-corrected chi connectivity index (χ2v) is 5.40. The van der Waals surface area contributed by atoms with Gasteiger partial charge in [0.2, 0.25) is 0 Å². The molecule has 0 aromatic heterocycles. The molecule has 0 aliphatic heterocycles. The molecule has 0 radical (unpaired) electrons. The third kappa shape index (κ3) is 3.71. The van der Waals surface area contributed by atoms with Crippen LogP contribution in [0.25, 0.3) is 0 Å². The van der Waals surface area contributed by atoms with Crippen LogP contribution in [0.3, 0.4) is 0 Å². The van der Waals surface area contributed by atoms with Gasteiger partial charge in [0, 0.05) is 17.1 Å². The zero-order valence-corrected chi connectivity index (χ0v) is 11.5. The Hall–Kier alpha value is -0.570. The molecular weight excluding hydrogens is 246 g/mol. The fraction of sp³-hybridized carbons (Fsp3) is 0.600. The zero-order chi connectivity index (χ0) is 12.8. The van der Waals surface area contributed by atoms with E-state index in [1.54, 1.807) is 0 Å². The molecule has 0 spiro atoms. The quantitative estimate of drug-likeness (QED) is 0.835. The lowest BCUT2D eigenvalue weighted by Gasteiger charge is -2.24. The van der Waals surface area contributed by atoms with Crippen LogP contribution >= 0.6 is 11.6 Å². The van der Waals surface area contributed by atoms with Gasteiger partial charge in [-0.05, 0) is 18.9 Å². The molecule has 0 heterocycles. The summed E-state index contributed by atoms with van der Waals surface area (Å²) in [6.45, 7) is 0.486. The van der Waals surface area contributed by atoms with E-state index in [9.17, 15) is 0 Å². The number of nitrogens with two attached hydrogens (primary N) is 1. The van der Waals surface area contributed by atoms with Crippen LogP contribution in [0.2, 0.25) is 5.02 Å². The van der Waals surface area contributed by atoms with E-state index < -0.39 is 0 Å². The predicted molar refractivity (Wildman–Crippen MR) is 75.8 cm³/mol. The Morgan fingerprint density at radius 1 is 1.17 bits per heavy atom. The van der Waals surface area contributed by atoms with E-state index in [4.69, 9.17) is 22.1 Å². The first-order valence-corrected chi connectivity index (χ1v) is 7.29. The van der Waals surface area contributed by atoms with Gasteiger partial charge in [-0.25, -0.2) is 0 Å². The highest BCUT2D eigenvalue weighted by Crippen LogP contribution is 2.29. The predicted octanol–water partition coefficient (Wildman–Crippen LogP) is 4.08. The molecule has 3 heteroatoms. The Balaban J connectivity index is 2.02. The molecule has 1 fully saturated rings. The number of rotatable bonds is 4. The van der Waals surface area contributed by atoms with E-state index in [0.29, 0.717) is 12.6 Å². The lowest BCUT2D eigenvalue weighted by atomic mass is 10.1. The van der Waals surface area contributed by atoms with Gasteiger partial charge in [-0.2, -0.15) is 0 Å². The molecule has 1 aromatic carbocycles. The average Bonchev–Trinajstić information content (AvgIpc) is 2.65. The van der Waals surface area contributed by atoms with E-state index in [0.717, 1.165) is 23.4 Å². The fourth-order valence-electron chi connectivity index (χ4n) is 2.60. The largest absolute Gasteiger partial charge is 0.369 e. The summed E-state index contributed by atoms with van der Waals surface area (Å²) in [5, 5.41) is 0.751. The van der Waals surface area contributed by atoms with Crippen LogP contribution in [0.1, 0.15) is 50.2 Å². The molecule has 1 unspecified atom stereocenters. The van der Waals surface area contributed by atoms with Crippen LogP contribution in [0.5, 0.6) is 0 Å². The summed E-state index contributed by atoms with van der Waals surface area (Å²) < 4.78 is 6.18. The maximum Gasteiger partial charge on any atom is 0.0965 e. The third-order valence-corrected chi connectivity index (χ3v) is 3.97. The zero-order valence-electron chi connectivity index (χ0n) is 10.8. The first-order valence-electron chi connectivity index (χ1n) is 6.91. The first-order chi connectivity index (χ1) is 8.81. The van der Waals surface area contributed by atoms with Crippen LogP contribution < -0.4 is 5.73 Å². The highest BCUT2D eigenvalue weighted by molar-refractivity contribution is 6.31. The van der Waals surface area contributed by atoms with E-state index in [2.05, 4.69) is 0 Å². The average molecular weight is 268 g/mol. The van der Waals surface area contributed by atoms with Gasteiger partial charge in [-0.1, -0.05) is 55.5 Å². The Morgan fingerprint density at radius 3 is 2.44 bits per heavy atom. The molecule has 100 valence electrons. The smallest absolute Gasteiger partial charge is 0.0965 e. The Bertz CT molecular complexity index is 361. The Labute approximate surface area is 114 Å². The van der Waals surface area contributed by atoms with Crippen LogP contribution in [-0.2, 0) is 4.74 Å². The van der Waals surface area contributed by atoms with E-state index in [1.165, 1.54) is 25.7 Å². The van der Waals surface area contributed by atoms with Crippen LogP contribution in [0, 0.1) is 0 Å². The lowest BCUT2D eigenvalue weighted by Crippen LogP contribution is -2.22. The van der Waals surface area contributed by atoms with E-state index in [1.807, 2.05) is 24.3 Å². The molecule has 1 aliphatic carbocycles. The molecule has 1 atom stereocenters. The van der Waals surface area contributed by atoms with Crippen molar-refractivity contribution in [3.8, 4) is 0 Å². The van der Waals surface area contributed by atoms with Crippen molar-refractivity contribution in [3.63, 3.8) is 0 Å². The van der Waals surface area contributed by atoms with Crippen molar-refractivity contribution in [1.29, 1.82) is 0 Å². The molecule has 0 bridgehead atoms. The number of hydrogen-bond acceptors (Lipinski definition) is 2. The van der Waals surface area contributed by atoms with Crippen molar-refractivity contribution >= 4 is 11.6 Å². The fourth-order valence-corrected chi connectivity index (χ4v) is 2.86. The summed E-state index contributed by atoms with van der Waals surface area (Å²) >= 11 is 6.21. The minimum atomic E-state index is -0.0678. The first kappa shape index (κ1) is 13.9. The summed E-state index contributed by atoms with van der Waals surface area (Å²) in [7, 11) is 0. The summed E-state index contributed by atoms with van der Waals surface area (Å²) in [6.07, 6.45) is 7.79. The molecule has 2 N–H and O–H groups in total. The molecule has 1 aromatic rings. The van der Waals surface area contributed by atoms with Gasteiger partial charge in [-0.15, -0.1) is 0 Å². The maximum absolute atomic E-state index is 6.21. The Morgan fingerprint density at radius 2 is 1.83 bits per heavy atom. The second-order valence-electron chi connectivity index (χ2n) is 5.00. The topological polar surface area (TPSA) is 35.2 Å². The highest BCUT2D eigenvalue weighted by Gasteiger charge is 2.20. The highest BCUT2D eigenvalue weighted by atomic mass is 35.5. The van der Waals surface area contributed by atoms with Gasteiger partial charge in [0.1, 0.15) is 0 Å². The third-order valence-electron chi connectivity index (χ3n) is 3.63. The number of hydrogen-bond donors (Lipinski definition) is 1. The summed E-state index contributed by atoms with van der Waals surface area (Å²) in [5.74, 6) is 0. The standard InChI is InChI=1S/C15H22ClNO/c16-14-10-6-5-9-13(14)15(11-17)18-12-7-3-1-2-4-8-12/h5-6,9-10,12,15H,1-4,7-8,11,17H2. The second kappa shape index (κ2) is 7.13. The van der Waals surface area contributed by atoms with Crippen molar-refractivity contribution in [3.05, 3.63) is 34.9 Å². The van der Waals surface area contributed by atoms with Crippen molar-refractivity contribution < 1.29 is 4.74 Å². The van der Waals surface area contributed by atoms with Crippen molar-refractivity contribution in [2.24, 2.45) is 5.73 Å². The van der Waals surface area contributed by atoms with Crippen LogP contribution in [0.15, 0.2) is 24.3 Å². The summed E-state index contributed by atoms with van der Waals surface area (Å²) in [4.78, 5) is 0. The lowest BCUT2D eigenvalue weighted by molar-refractivity contribution is -0.0160. The van der Waals surface area contributed by atoms with Gasteiger partial charge in [0.25, 0.3) is 0 Å². The molecule has 2 nitrogen and oxygen atoms in total. The van der Waals surface area contributed by atoms with Gasteiger partial charge < -0.3 is 10.5 Å². The molecule has 1 saturated carbocycles. The summed E-state index contributed by atoms with van der Waals surface area (Å²) in [5.41, 5.74) is 6.87. The van der Waals surface area contributed by atoms with E-state index >= 15 is 0 Å². The summed E-state index contributed by atoms with van der Waals surface area (Å²) in [6, 6.07) is 7.83. The molecule has 18 heavy (non-hydrogen) atoms. The van der Waals surface area contributed by atoms with Gasteiger partial charge >= 0.3 is 0 Å². The van der Waals surface area contributed by atoms with E-state index in [-0.39, 0.29) is 6.10 Å². The number of ether oxygens (including phenoxy) is 1. The maximum atomic E-state index is 6.21. The van der Waals surface area contributed by atoms with Crippen molar-refractivity contribution in [2.75, 3.05) is 6.54 Å². The van der Waals surface area contributed by atoms with Crippen LogP contribution in [0.4, 0.5) is 0 Å². The SMILES string of the molecule is NCC(OC1CCCCCC1)c1ccccc1Cl. The molecule has 0 saturated heterocycles. The van der Waals surface area contributed by atoms with Gasteiger partial charge in [0.05, 0.1) is 12.2 Å². The molecular formula is C15H22ClNO. The van der Waals surface area contributed by atoms with Crippen LogP contribution in [-0.4, -0.2) is 12.6 Å². The Kier molecular flexibility index (Phi) is 5.48. The minimum Gasteiger partial charge on any atom is -0.369 e. The van der Waals surface area contributed by atoms with Crippen molar-refractivity contribution in [2.45, 2.75) is 50.7 Å². The molecule has 1 aliphatic rings. The molecule has 0 amide bonds. The monoisotopic (exact) mass is 267 g/mol. The number of benzene rings is 1. The van der Waals surface area contributed by atoms with Gasteiger partial charge in [0.15, 0.2) is 0 Å². The normalized spacial score (nSPS) is 19.4.